The molecule has 16 nitrogen and oxygen atoms in total. The van der Waals surface area contributed by atoms with Gasteiger partial charge in [0.15, 0.2) is 23.1 Å². The van der Waals surface area contributed by atoms with Gasteiger partial charge in [-0.15, -0.1) is 0 Å². The number of ether oxygens (including phenoxy) is 4. The highest BCUT2D eigenvalue weighted by molar-refractivity contribution is 6.29. The van der Waals surface area contributed by atoms with E-state index in [-0.39, 0.29) is 65.1 Å². The van der Waals surface area contributed by atoms with Crippen molar-refractivity contribution in [3.8, 4) is 11.5 Å². The number of hydrogen-bond donors (Lipinski definition) is 8. The van der Waals surface area contributed by atoms with Crippen LogP contribution >= 0.6 is 0 Å². The van der Waals surface area contributed by atoms with Gasteiger partial charge >= 0.3 is 0 Å². The Labute approximate surface area is 296 Å². The zero-order chi connectivity index (χ0) is 36.3. The smallest absolute Gasteiger partial charge is 0.242 e. The first-order valence-corrected chi connectivity index (χ1v) is 16.9. The van der Waals surface area contributed by atoms with Crippen molar-refractivity contribution >= 4 is 23.2 Å². The summed E-state index contributed by atoms with van der Waals surface area (Å²) in [7, 11) is 0. The van der Waals surface area contributed by atoms with E-state index >= 15 is 0 Å². The average molecular weight is 716 g/mol. The van der Waals surface area contributed by atoms with Gasteiger partial charge in [-0.1, -0.05) is 42.5 Å². The fraction of sp³-hybridized carbons (Fsp3) is 0.361. The number of aliphatic hydroxyl groups is 4. The zero-order valence-corrected chi connectivity index (χ0v) is 27.5. The maximum atomic E-state index is 14.2. The van der Waals surface area contributed by atoms with Crippen molar-refractivity contribution in [2.24, 2.45) is 5.73 Å². The number of nitrogens with two attached hydrogens (primary N) is 1. The van der Waals surface area contributed by atoms with E-state index in [1.807, 2.05) is 29.2 Å². The SMILES string of the molecule is NC1NC(=O)C2NCN(c3ccccc3C3C=COCC4OC(Oc5c3cc3c(c5OCCO)C(=O)c5ccccc5C3=O)C(O)C(O)C4O)C2N1. The third-order valence-corrected chi connectivity index (χ3v) is 10.0. The molecule has 9 N–H and O–H groups in total. The Morgan fingerprint density at radius 1 is 0.923 bits per heavy atom. The van der Waals surface area contributed by atoms with E-state index in [4.69, 9.17) is 24.7 Å². The molecule has 272 valence electrons. The normalized spacial score (nSPS) is 30.8. The van der Waals surface area contributed by atoms with Gasteiger partial charge in [-0.3, -0.25) is 30.8 Å². The van der Waals surface area contributed by atoms with Gasteiger partial charge in [0.05, 0.1) is 25.1 Å². The first kappa shape index (κ1) is 34.2. The van der Waals surface area contributed by atoms with E-state index in [1.54, 1.807) is 24.3 Å². The van der Waals surface area contributed by atoms with Crippen LogP contribution in [0.4, 0.5) is 5.69 Å². The molecule has 4 aliphatic heterocycles. The van der Waals surface area contributed by atoms with Gasteiger partial charge in [0, 0.05) is 33.9 Å². The monoisotopic (exact) mass is 715 g/mol. The molecule has 16 heteroatoms. The van der Waals surface area contributed by atoms with E-state index in [2.05, 4.69) is 16.0 Å². The van der Waals surface area contributed by atoms with Crippen molar-refractivity contribution in [1.82, 2.24) is 16.0 Å². The molecule has 9 atom stereocenters. The maximum absolute atomic E-state index is 14.2. The number of carbonyl (C=O) groups excluding carboxylic acids is 3. The van der Waals surface area contributed by atoms with Crippen LogP contribution in [0.5, 0.6) is 11.5 Å². The minimum absolute atomic E-state index is 0.0172. The fourth-order valence-corrected chi connectivity index (χ4v) is 7.51. The van der Waals surface area contributed by atoms with Crippen LogP contribution in [0.3, 0.4) is 0 Å². The number of amides is 1. The van der Waals surface area contributed by atoms with Crippen molar-refractivity contribution in [3.05, 3.63) is 100 Å². The molecule has 0 saturated carbocycles. The van der Waals surface area contributed by atoms with Crippen LogP contribution in [0.15, 0.2) is 66.9 Å². The lowest BCUT2D eigenvalue weighted by atomic mass is 9.79. The number of para-hydroxylation sites is 1. The fourth-order valence-electron chi connectivity index (χ4n) is 7.51. The first-order valence-electron chi connectivity index (χ1n) is 16.9. The molecular weight excluding hydrogens is 678 g/mol. The van der Waals surface area contributed by atoms with E-state index in [0.717, 1.165) is 0 Å². The highest BCUT2D eigenvalue weighted by atomic mass is 16.7. The number of carbonyl (C=O) groups is 3. The van der Waals surface area contributed by atoms with Gasteiger partial charge in [0.2, 0.25) is 12.2 Å². The van der Waals surface area contributed by atoms with Gasteiger partial charge in [-0.05, 0) is 23.8 Å². The molecule has 3 aromatic rings. The minimum Gasteiger partial charge on any atom is -0.499 e. The van der Waals surface area contributed by atoms with Crippen LogP contribution in [-0.4, -0.2) is 114 Å². The molecule has 3 saturated heterocycles. The van der Waals surface area contributed by atoms with Crippen molar-refractivity contribution in [2.45, 2.75) is 55.1 Å². The summed E-state index contributed by atoms with van der Waals surface area (Å²) in [6, 6.07) is 14.6. The molecule has 3 aromatic carbocycles. The van der Waals surface area contributed by atoms with E-state index in [0.29, 0.717) is 11.3 Å². The largest absolute Gasteiger partial charge is 0.499 e. The van der Waals surface area contributed by atoms with Crippen LogP contribution in [0.1, 0.15) is 48.9 Å². The van der Waals surface area contributed by atoms with E-state index in [9.17, 15) is 34.8 Å². The van der Waals surface area contributed by atoms with Crippen molar-refractivity contribution in [1.29, 1.82) is 0 Å². The average Bonchev–Trinajstić information content (AvgIpc) is 3.56. The molecule has 0 aromatic heterocycles. The van der Waals surface area contributed by atoms with Crippen LogP contribution in [0, 0.1) is 0 Å². The Balaban J connectivity index is 1.36. The number of allylic oxidation sites excluding steroid dienone is 1. The quantitative estimate of drug-likeness (QED) is 0.120. The number of benzene rings is 3. The molecule has 0 spiro atoms. The number of ketones is 2. The maximum Gasteiger partial charge on any atom is 0.242 e. The topological polar surface area (TPSA) is 234 Å². The summed E-state index contributed by atoms with van der Waals surface area (Å²) < 4.78 is 24.3. The molecule has 52 heavy (non-hydrogen) atoms. The highest BCUT2D eigenvalue weighted by Gasteiger charge is 2.48. The Hall–Kier alpha value is -4.91. The molecule has 1 aliphatic carbocycles. The molecule has 4 heterocycles. The van der Waals surface area contributed by atoms with Crippen molar-refractivity contribution < 1.29 is 53.8 Å². The summed E-state index contributed by atoms with van der Waals surface area (Å²) >= 11 is 0. The summed E-state index contributed by atoms with van der Waals surface area (Å²) in [5, 5.41) is 51.6. The molecular formula is C36H37N5O11. The van der Waals surface area contributed by atoms with Gasteiger partial charge in [-0.25, -0.2) is 0 Å². The third kappa shape index (κ3) is 5.60. The lowest BCUT2D eigenvalue weighted by molar-refractivity contribution is -0.277. The molecule has 1 amide bonds. The number of nitrogens with zero attached hydrogens (tertiary/aromatic N) is 1. The van der Waals surface area contributed by atoms with Crippen LogP contribution in [-0.2, 0) is 14.3 Å². The summed E-state index contributed by atoms with van der Waals surface area (Å²) in [5.41, 5.74) is 7.93. The van der Waals surface area contributed by atoms with Crippen molar-refractivity contribution in [2.75, 3.05) is 31.4 Å². The molecule has 9 unspecified atom stereocenters. The highest BCUT2D eigenvalue weighted by Crippen LogP contribution is 2.49. The van der Waals surface area contributed by atoms with Gasteiger partial charge in [0.1, 0.15) is 56.1 Å². The second kappa shape index (κ2) is 13.6. The Morgan fingerprint density at radius 3 is 2.46 bits per heavy atom. The van der Waals surface area contributed by atoms with Gasteiger partial charge < -0.3 is 49.6 Å². The van der Waals surface area contributed by atoms with Gasteiger partial charge in [-0.2, -0.15) is 0 Å². The number of hydrogen-bond acceptors (Lipinski definition) is 15. The lowest BCUT2D eigenvalue weighted by Crippen LogP contribution is -2.70. The number of fused-ring (bicyclic) bond motifs is 6. The molecule has 8 rings (SSSR count). The Bertz CT molecular complexity index is 1960. The van der Waals surface area contributed by atoms with Crippen LogP contribution < -0.4 is 36.1 Å². The summed E-state index contributed by atoms with van der Waals surface area (Å²) in [6.45, 7) is -0.738. The Morgan fingerprint density at radius 2 is 1.67 bits per heavy atom. The zero-order valence-electron chi connectivity index (χ0n) is 27.5. The second-order valence-corrected chi connectivity index (χ2v) is 13.1. The first-order chi connectivity index (χ1) is 25.2. The lowest BCUT2D eigenvalue weighted by Gasteiger charge is -2.40. The minimum atomic E-state index is -1.77. The number of aliphatic hydroxyl groups excluding tert-OH is 4. The van der Waals surface area contributed by atoms with Crippen molar-refractivity contribution in [3.63, 3.8) is 0 Å². The molecule has 2 bridgehead atoms. The number of rotatable bonds is 5. The molecule has 5 aliphatic rings. The summed E-state index contributed by atoms with van der Waals surface area (Å²) in [4.78, 5) is 43.2. The summed E-state index contributed by atoms with van der Waals surface area (Å²) in [6.07, 6.45) is -6.02. The van der Waals surface area contributed by atoms with E-state index in [1.165, 1.54) is 18.4 Å². The van der Waals surface area contributed by atoms with Gasteiger partial charge in [0.25, 0.3) is 0 Å². The summed E-state index contributed by atoms with van der Waals surface area (Å²) in [5.74, 6) is -2.37. The molecule has 0 radical (unpaired) electrons. The Kier molecular flexibility index (Phi) is 8.92. The second-order valence-electron chi connectivity index (χ2n) is 13.1. The predicted octanol–water partition coefficient (Wildman–Crippen LogP) is -1.28. The standard InChI is InChI=1S/C36H37N5O11/c37-36-39-33-25(34(48)40-36)38-15-41(33)22-8-4-3-5-17(22)16-9-11-49-14-23-28(45)29(46)30(47)35(51-23)52-31-20(16)13-21-24(32(31)50-12-10-42)27(44)19-7-2-1-6-18(19)26(21)43/h1-9,11,13,16,23,25,28-30,33,35-36,38-39,42,45-47H,10,12,14-15,37H2,(H,40,48). The number of anilines is 1. The van der Waals surface area contributed by atoms with E-state index < -0.39 is 73.3 Å². The third-order valence-electron chi connectivity index (χ3n) is 10.0. The van der Waals surface area contributed by atoms with Crippen LogP contribution in [0.2, 0.25) is 0 Å². The predicted molar refractivity (Wildman–Crippen MR) is 180 cm³/mol. The number of nitrogens with one attached hydrogen (secondary N) is 3. The molecule has 3 fully saturated rings. The van der Waals surface area contributed by atoms with Crippen LogP contribution in [0.25, 0.3) is 0 Å².